The largest absolute Gasteiger partial charge is 0.497 e. The molecule has 0 aromatic heterocycles. The molecule has 1 aromatic rings. The summed E-state index contributed by atoms with van der Waals surface area (Å²) in [5, 5.41) is 11.9. The van der Waals surface area contributed by atoms with E-state index in [-0.39, 0.29) is 29.9 Å². The van der Waals surface area contributed by atoms with Crippen LogP contribution in [0.2, 0.25) is 0 Å². The fraction of sp³-hybridized carbons (Fsp3) is 0.467. The molecule has 1 rings (SSSR count). The van der Waals surface area contributed by atoms with Crippen LogP contribution < -0.4 is 14.8 Å². The highest BCUT2D eigenvalue weighted by Crippen LogP contribution is 2.24. The van der Waals surface area contributed by atoms with Crippen molar-refractivity contribution in [2.24, 2.45) is 0 Å². The Kier molecular flexibility index (Phi) is 6.52. The first-order chi connectivity index (χ1) is 10.0. The average Bonchev–Trinajstić information content (AvgIpc) is 2.49. The van der Waals surface area contributed by atoms with Gasteiger partial charge in [-0.1, -0.05) is 13.8 Å². The van der Waals surface area contributed by atoms with Gasteiger partial charge in [-0.05, 0) is 25.0 Å². The zero-order chi connectivity index (χ0) is 15.8. The zero-order valence-corrected chi connectivity index (χ0v) is 12.5. The lowest BCUT2D eigenvalue weighted by Crippen LogP contribution is -2.37. The zero-order valence-electron chi connectivity index (χ0n) is 12.5. The van der Waals surface area contributed by atoms with E-state index in [1.54, 1.807) is 0 Å². The van der Waals surface area contributed by atoms with E-state index in [9.17, 15) is 9.59 Å². The fourth-order valence-corrected chi connectivity index (χ4v) is 1.83. The molecule has 0 aliphatic carbocycles. The normalized spacial score (nSPS) is 10.3. The van der Waals surface area contributed by atoms with Crippen LogP contribution in [-0.4, -0.2) is 36.7 Å². The first kappa shape index (κ1) is 16.8. The number of nitrogens with one attached hydrogen (secondary N) is 1. The SMILES string of the molecule is CCC(CC)NC(=O)COc1cc(OC)ccc1C(=O)O. The Balaban J connectivity index is 2.73. The Morgan fingerprint density at radius 2 is 1.95 bits per heavy atom. The van der Waals surface area contributed by atoms with Gasteiger partial charge < -0.3 is 19.9 Å². The van der Waals surface area contributed by atoms with Crippen molar-refractivity contribution in [2.45, 2.75) is 32.7 Å². The smallest absolute Gasteiger partial charge is 0.339 e. The number of carbonyl (C=O) groups is 2. The van der Waals surface area contributed by atoms with Crippen LogP contribution >= 0.6 is 0 Å². The number of hydrogen-bond acceptors (Lipinski definition) is 4. The quantitative estimate of drug-likeness (QED) is 0.767. The van der Waals surface area contributed by atoms with Crippen molar-refractivity contribution in [1.82, 2.24) is 5.32 Å². The van der Waals surface area contributed by atoms with E-state index in [0.29, 0.717) is 5.75 Å². The van der Waals surface area contributed by atoms with E-state index in [1.165, 1.54) is 25.3 Å². The molecule has 0 spiro atoms. The third-order valence-electron chi connectivity index (χ3n) is 3.13. The first-order valence-electron chi connectivity index (χ1n) is 6.85. The Labute approximate surface area is 124 Å². The Morgan fingerprint density at radius 1 is 1.29 bits per heavy atom. The Hall–Kier alpha value is -2.24. The summed E-state index contributed by atoms with van der Waals surface area (Å²) in [4.78, 5) is 22.9. The minimum atomic E-state index is -1.12. The van der Waals surface area contributed by atoms with Crippen LogP contribution in [0.5, 0.6) is 11.5 Å². The van der Waals surface area contributed by atoms with Gasteiger partial charge in [-0.3, -0.25) is 4.79 Å². The Morgan fingerprint density at radius 3 is 2.48 bits per heavy atom. The fourth-order valence-electron chi connectivity index (χ4n) is 1.83. The summed E-state index contributed by atoms with van der Waals surface area (Å²) < 4.78 is 10.3. The maximum atomic E-state index is 11.8. The molecule has 0 unspecified atom stereocenters. The lowest BCUT2D eigenvalue weighted by atomic mass is 10.2. The summed E-state index contributed by atoms with van der Waals surface area (Å²) in [6.07, 6.45) is 1.67. The molecule has 6 nitrogen and oxygen atoms in total. The van der Waals surface area contributed by atoms with Crippen molar-refractivity contribution in [2.75, 3.05) is 13.7 Å². The molecule has 1 aromatic carbocycles. The molecular formula is C15H21NO5. The molecule has 1 amide bonds. The summed E-state index contributed by atoms with van der Waals surface area (Å²) in [7, 11) is 1.47. The van der Waals surface area contributed by atoms with Gasteiger partial charge in [-0.25, -0.2) is 4.79 Å². The minimum absolute atomic E-state index is 0.00821. The number of ether oxygens (including phenoxy) is 2. The Bertz CT molecular complexity index is 497. The summed E-state index contributed by atoms with van der Waals surface area (Å²) >= 11 is 0. The molecule has 21 heavy (non-hydrogen) atoms. The van der Waals surface area contributed by atoms with E-state index in [2.05, 4.69) is 5.32 Å². The van der Waals surface area contributed by atoms with E-state index < -0.39 is 5.97 Å². The van der Waals surface area contributed by atoms with Crippen LogP contribution in [0.4, 0.5) is 0 Å². The third-order valence-corrected chi connectivity index (χ3v) is 3.13. The van der Waals surface area contributed by atoms with Crippen LogP contribution in [0.25, 0.3) is 0 Å². The monoisotopic (exact) mass is 295 g/mol. The number of amides is 1. The van der Waals surface area contributed by atoms with E-state index >= 15 is 0 Å². The summed E-state index contributed by atoms with van der Waals surface area (Å²) in [6.45, 7) is 3.74. The molecule has 116 valence electrons. The van der Waals surface area contributed by atoms with Gasteiger partial charge in [-0.15, -0.1) is 0 Å². The van der Waals surface area contributed by atoms with Crippen LogP contribution in [-0.2, 0) is 4.79 Å². The number of methoxy groups -OCH3 is 1. The molecule has 0 aliphatic heterocycles. The number of aromatic carboxylic acids is 1. The van der Waals surface area contributed by atoms with Crippen molar-refractivity contribution in [1.29, 1.82) is 0 Å². The molecule has 0 radical (unpaired) electrons. The van der Waals surface area contributed by atoms with Crippen LogP contribution in [0.15, 0.2) is 18.2 Å². The van der Waals surface area contributed by atoms with Crippen LogP contribution in [0.1, 0.15) is 37.0 Å². The first-order valence-corrected chi connectivity index (χ1v) is 6.85. The van der Waals surface area contributed by atoms with Gasteiger partial charge in [0.05, 0.1) is 7.11 Å². The van der Waals surface area contributed by atoms with Crippen molar-refractivity contribution in [3.05, 3.63) is 23.8 Å². The van der Waals surface area contributed by atoms with E-state index in [4.69, 9.17) is 14.6 Å². The van der Waals surface area contributed by atoms with E-state index in [0.717, 1.165) is 12.8 Å². The van der Waals surface area contributed by atoms with Crippen molar-refractivity contribution < 1.29 is 24.2 Å². The highest BCUT2D eigenvalue weighted by molar-refractivity contribution is 5.91. The molecule has 0 atom stereocenters. The number of carbonyl (C=O) groups excluding carboxylic acids is 1. The maximum Gasteiger partial charge on any atom is 0.339 e. The topological polar surface area (TPSA) is 84.9 Å². The molecule has 0 saturated carbocycles. The molecule has 0 fully saturated rings. The molecule has 6 heteroatoms. The second kappa shape index (κ2) is 8.14. The van der Waals surface area contributed by atoms with Crippen molar-refractivity contribution >= 4 is 11.9 Å². The maximum absolute atomic E-state index is 11.8. The van der Waals surface area contributed by atoms with Gasteiger partial charge in [0.15, 0.2) is 6.61 Å². The molecule has 0 bridgehead atoms. The van der Waals surface area contributed by atoms with Gasteiger partial charge in [0.2, 0.25) is 0 Å². The number of hydrogen-bond donors (Lipinski definition) is 2. The van der Waals surface area contributed by atoms with Gasteiger partial charge in [-0.2, -0.15) is 0 Å². The van der Waals surface area contributed by atoms with Crippen LogP contribution in [0.3, 0.4) is 0 Å². The number of carboxylic acid groups (broad SMARTS) is 1. The van der Waals surface area contributed by atoms with Crippen molar-refractivity contribution in [3.63, 3.8) is 0 Å². The van der Waals surface area contributed by atoms with Gasteiger partial charge in [0.25, 0.3) is 5.91 Å². The molecule has 2 N–H and O–H groups in total. The highest BCUT2D eigenvalue weighted by Gasteiger charge is 2.15. The van der Waals surface area contributed by atoms with Crippen molar-refractivity contribution in [3.8, 4) is 11.5 Å². The average molecular weight is 295 g/mol. The molecular weight excluding hydrogens is 274 g/mol. The summed E-state index contributed by atoms with van der Waals surface area (Å²) in [5.41, 5.74) is -0.00821. The highest BCUT2D eigenvalue weighted by atomic mass is 16.5. The predicted molar refractivity (Wildman–Crippen MR) is 78.0 cm³/mol. The lowest BCUT2D eigenvalue weighted by molar-refractivity contribution is -0.123. The van der Waals surface area contributed by atoms with Crippen LogP contribution in [0, 0.1) is 0 Å². The minimum Gasteiger partial charge on any atom is -0.497 e. The summed E-state index contributed by atoms with van der Waals surface area (Å²) in [5.74, 6) is -0.812. The van der Waals surface area contributed by atoms with Gasteiger partial charge >= 0.3 is 5.97 Å². The lowest BCUT2D eigenvalue weighted by Gasteiger charge is -2.15. The number of carboxylic acids is 1. The number of benzene rings is 1. The van der Waals surface area contributed by atoms with E-state index in [1.807, 2.05) is 13.8 Å². The molecule has 0 saturated heterocycles. The number of rotatable bonds is 8. The summed E-state index contributed by atoms with van der Waals surface area (Å²) in [6, 6.07) is 4.47. The molecule has 0 heterocycles. The third kappa shape index (κ3) is 4.98. The second-order valence-electron chi connectivity index (χ2n) is 4.54. The van der Waals surface area contributed by atoms with Gasteiger partial charge in [0.1, 0.15) is 17.1 Å². The second-order valence-corrected chi connectivity index (χ2v) is 4.54. The molecule has 0 aliphatic rings. The van der Waals surface area contributed by atoms with Gasteiger partial charge in [0, 0.05) is 12.1 Å². The predicted octanol–water partition coefficient (Wildman–Crippen LogP) is 2.08. The standard InChI is InChI=1S/C15H21NO5/c1-4-10(5-2)16-14(17)9-21-13-8-11(20-3)6-7-12(13)15(18)19/h6-8,10H,4-5,9H2,1-3H3,(H,16,17)(H,18,19).